The van der Waals surface area contributed by atoms with Crippen molar-refractivity contribution in [2.24, 2.45) is 0 Å². The summed E-state index contributed by atoms with van der Waals surface area (Å²) in [6.45, 7) is 12.4. The molecule has 0 saturated carbocycles. The molecule has 242 valence electrons. The highest BCUT2D eigenvalue weighted by atomic mass is 79.9. The number of cyclic esters (lactones) is 1. The van der Waals surface area contributed by atoms with Crippen LogP contribution in [0.2, 0.25) is 10.1 Å². The van der Waals surface area contributed by atoms with Gasteiger partial charge in [-0.05, 0) is 46.8 Å². The molecule has 0 bridgehead atoms. The van der Waals surface area contributed by atoms with Gasteiger partial charge >= 0.3 is 5.97 Å². The van der Waals surface area contributed by atoms with Crippen molar-refractivity contribution in [3.05, 3.63) is 121 Å². The fourth-order valence-electron chi connectivity index (χ4n) is 6.71. The van der Waals surface area contributed by atoms with Gasteiger partial charge in [0, 0.05) is 0 Å². The van der Waals surface area contributed by atoms with Gasteiger partial charge in [0.1, 0.15) is 12.2 Å². The molecule has 5 rings (SSSR count). The monoisotopic (exact) mass is 720 g/mol. The van der Waals surface area contributed by atoms with Crippen molar-refractivity contribution in [2.75, 3.05) is 0 Å². The van der Waals surface area contributed by atoms with Crippen molar-refractivity contribution >= 4 is 59.3 Å². The molecule has 1 saturated heterocycles. The van der Waals surface area contributed by atoms with Gasteiger partial charge in [-0.15, -0.1) is 0 Å². The van der Waals surface area contributed by atoms with E-state index in [4.69, 9.17) is 13.6 Å². The quantitative estimate of drug-likeness (QED) is 0.141. The van der Waals surface area contributed by atoms with Crippen LogP contribution in [0.5, 0.6) is 0 Å². The Hall–Kier alpha value is -2.93. The van der Waals surface area contributed by atoms with Gasteiger partial charge in [-0.3, -0.25) is 0 Å². The normalized spacial score (nSPS) is 22.7. The van der Waals surface area contributed by atoms with Crippen LogP contribution in [0.4, 0.5) is 4.39 Å². The Balaban J connectivity index is 1.68. The lowest BCUT2D eigenvalue weighted by molar-refractivity contribution is -0.230. The number of ether oxygens (including phenoxy) is 1. The Bertz CT molecular complexity index is 1530. The summed E-state index contributed by atoms with van der Waals surface area (Å²) < 4.78 is 33.7. The number of esters is 1. The maximum atomic E-state index is 16.8. The maximum absolute atomic E-state index is 16.8. The first-order valence-corrected chi connectivity index (χ1v) is 20.1. The van der Waals surface area contributed by atoms with Crippen molar-refractivity contribution in [3.8, 4) is 0 Å². The molecule has 5 nitrogen and oxygen atoms in total. The zero-order valence-electron chi connectivity index (χ0n) is 27.1. The van der Waals surface area contributed by atoms with E-state index in [1.54, 1.807) is 0 Å². The highest BCUT2D eigenvalue weighted by Gasteiger charge is 2.64. The third-order valence-corrected chi connectivity index (χ3v) is 19.7. The number of hydrogen-bond donors (Lipinski definition) is 1. The lowest BCUT2D eigenvalue weighted by Crippen LogP contribution is -2.74. The Labute approximate surface area is 282 Å². The van der Waals surface area contributed by atoms with Crippen LogP contribution >= 0.6 is 15.9 Å². The summed E-state index contributed by atoms with van der Waals surface area (Å²) in [7, 11) is -6.76. The van der Waals surface area contributed by atoms with Crippen LogP contribution in [-0.2, 0) is 18.4 Å². The standard InChI is InChI=1S/C37H42BrFO5Si2/c1-35(2,3)45(27-19-11-7-12-20-27,28-21-13-8-14-22-28)43-32-31(40)33(42-34(41)37(32,38)39)44-46(36(4,5)6,29-23-15-9-16-24-29)30-25-17-10-18-26-30/h7-26,31-33,40H,1-6H3/t31-,32+,33?,37+/m0/s1. The van der Waals surface area contributed by atoms with Gasteiger partial charge in [-0.1, -0.05) is 163 Å². The Kier molecular flexibility index (Phi) is 9.68. The Morgan fingerprint density at radius 1 is 0.652 bits per heavy atom. The van der Waals surface area contributed by atoms with E-state index in [-0.39, 0.29) is 0 Å². The number of aliphatic hydroxyl groups excluding tert-OH is 1. The summed E-state index contributed by atoms with van der Waals surface area (Å²) >= 11 is 3.02. The smallest absolute Gasteiger partial charge is 0.360 e. The third kappa shape index (κ3) is 5.97. The van der Waals surface area contributed by atoms with E-state index in [2.05, 4.69) is 57.5 Å². The van der Waals surface area contributed by atoms with E-state index in [0.29, 0.717) is 0 Å². The minimum Gasteiger partial charge on any atom is -0.431 e. The van der Waals surface area contributed by atoms with Crippen LogP contribution in [0.3, 0.4) is 0 Å². The maximum Gasteiger partial charge on any atom is 0.360 e. The van der Waals surface area contributed by atoms with Crippen LogP contribution in [-0.4, -0.2) is 50.8 Å². The molecule has 9 heteroatoms. The highest BCUT2D eigenvalue weighted by Crippen LogP contribution is 2.45. The predicted octanol–water partition coefficient (Wildman–Crippen LogP) is 5.81. The molecular weight excluding hydrogens is 679 g/mol. The first kappa shape index (κ1) is 34.4. The molecule has 46 heavy (non-hydrogen) atoms. The predicted molar refractivity (Wildman–Crippen MR) is 190 cm³/mol. The van der Waals surface area contributed by atoms with Gasteiger partial charge in [-0.25, -0.2) is 9.18 Å². The Morgan fingerprint density at radius 2 is 0.957 bits per heavy atom. The number of carbonyl (C=O) groups excluding carboxylic acids is 1. The van der Waals surface area contributed by atoms with Crippen LogP contribution in [0.25, 0.3) is 0 Å². The molecule has 0 aromatic heterocycles. The lowest BCUT2D eigenvalue weighted by atomic mass is 10.1. The highest BCUT2D eigenvalue weighted by molar-refractivity contribution is 9.10. The molecule has 1 N–H and O–H groups in total. The third-order valence-electron chi connectivity index (χ3n) is 8.87. The summed E-state index contributed by atoms with van der Waals surface area (Å²) in [6, 6.07) is 39.1. The lowest BCUT2D eigenvalue weighted by Gasteiger charge is -2.51. The first-order valence-electron chi connectivity index (χ1n) is 15.5. The number of hydrogen-bond acceptors (Lipinski definition) is 5. The van der Waals surface area contributed by atoms with Crippen molar-refractivity contribution in [2.45, 2.75) is 74.7 Å². The van der Waals surface area contributed by atoms with E-state index in [9.17, 15) is 9.90 Å². The van der Waals surface area contributed by atoms with E-state index < -0.39 is 55.8 Å². The molecule has 1 heterocycles. The zero-order chi connectivity index (χ0) is 33.4. The summed E-state index contributed by atoms with van der Waals surface area (Å²) in [4.78, 5) is 13.6. The largest absolute Gasteiger partial charge is 0.431 e. The number of alkyl halides is 2. The molecule has 0 aliphatic carbocycles. The molecule has 1 aliphatic heterocycles. The van der Waals surface area contributed by atoms with Gasteiger partial charge < -0.3 is 18.7 Å². The van der Waals surface area contributed by atoms with Gasteiger partial charge in [0.25, 0.3) is 21.2 Å². The molecular formula is C37H42BrFO5Si2. The molecule has 0 amide bonds. The average Bonchev–Trinajstić information content (AvgIpc) is 3.03. The molecule has 4 aromatic rings. The molecule has 4 atom stereocenters. The second kappa shape index (κ2) is 12.9. The zero-order valence-corrected chi connectivity index (χ0v) is 30.7. The minimum absolute atomic E-state index is 0.491. The summed E-state index contributed by atoms with van der Waals surface area (Å²) in [6.07, 6.45) is -4.85. The number of carbonyl (C=O) groups is 1. The number of halogens is 2. The molecule has 1 aliphatic rings. The van der Waals surface area contributed by atoms with Crippen molar-refractivity contribution in [1.82, 2.24) is 0 Å². The average molecular weight is 722 g/mol. The molecule has 1 fully saturated rings. The molecule has 0 radical (unpaired) electrons. The fraction of sp³-hybridized carbons (Fsp3) is 0.324. The van der Waals surface area contributed by atoms with E-state index in [1.807, 2.05) is 121 Å². The topological polar surface area (TPSA) is 65.0 Å². The van der Waals surface area contributed by atoms with Crippen LogP contribution in [0, 0.1) is 0 Å². The van der Waals surface area contributed by atoms with Crippen LogP contribution < -0.4 is 20.7 Å². The van der Waals surface area contributed by atoms with E-state index in [0.717, 1.165) is 20.7 Å². The van der Waals surface area contributed by atoms with Gasteiger partial charge in [0.15, 0.2) is 0 Å². The van der Waals surface area contributed by atoms with E-state index in [1.165, 1.54) is 0 Å². The van der Waals surface area contributed by atoms with E-state index >= 15 is 4.39 Å². The fourth-order valence-corrected chi connectivity index (χ4v) is 16.6. The molecule has 0 spiro atoms. The molecule has 4 aromatic carbocycles. The number of aliphatic hydroxyl groups is 1. The van der Waals surface area contributed by atoms with Gasteiger partial charge in [0.2, 0.25) is 6.29 Å². The van der Waals surface area contributed by atoms with Crippen molar-refractivity contribution < 1.29 is 27.9 Å². The van der Waals surface area contributed by atoms with Crippen LogP contribution in [0.15, 0.2) is 121 Å². The SMILES string of the molecule is CC(C)(C)[Si](OC1OC(=O)[C@@](F)(Br)[C@H](O[Si](c2ccccc2)(c2ccccc2)C(C)(C)C)[C@@H]1O)(c1ccccc1)c1ccccc1. The first-order chi connectivity index (χ1) is 21.7. The van der Waals surface area contributed by atoms with Gasteiger partial charge in [0.05, 0.1) is 0 Å². The summed E-state index contributed by atoms with van der Waals surface area (Å²) in [5, 5.41) is 14.8. The number of benzene rings is 4. The van der Waals surface area contributed by atoms with Crippen molar-refractivity contribution in [3.63, 3.8) is 0 Å². The van der Waals surface area contributed by atoms with Crippen molar-refractivity contribution in [1.29, 1.82) is 0 Å². The second-order valence-corrected chi connectivity index (χ2v) is 23.5. The van der Waals surface area contributed by atoms with Crippen LogP contribution in [0.1, 0.15) is 41.5 Å². The minimum atomic E-state index is -3.43. The summed E-state index contributed by atoms with van der Waals surface area (Å²) in [5.74, 6) is -1.20. The second-order valence-electron chi connectivity index (χ2n) is 13.9. The molecule has 1 unspecified atom stereocenters. The van der Waals surface area contributed by atoms with Gasteiger partial charge in [-0.2, -0.15) is 0 Å². The number of rotatable bonds is 8. The summed E-state index contributed by atoms with van der Waals surface area (Å²) in [5.41, 5.74) is 0. The Morgan fingerprint density at radius 3 is 1.26 bits per heavy atom.